The molecule has 6 aromatic rings. The van der Waals surface area contributed by atoms with Crippen LogP contribution >= 0.6 is 0 Å². The van der Waals surface area contributed by atoms with Crippen LogP contribution in [-0.2, 0) is 5.54 Å². The van der Waals surface area contributed by atoms with Gasteiger partial charge in [0, 0.05) is 17.1 Å². The number of anilines is 3. The first-order valence-corrected chi connectivity index (χ1v) is 13.7. The maximum Gasteiger partial charge on any atom is 0.108 e. The average molecular weight is 515 g/mol. The minimum Gasteiger partial charge on any atom is -0.310 e. The fourth-order valence-electron chi connectivity index (χ4n) is 6.15. The Labute approximate surface area is 235 Å². The predicted molar refractivity (Wildman–Crippen MR) is 170 cm³/mol. The van der Waals surface area contributed by atoms with E-state index in [1.54, 1.807) is 0 Å². The molecule has 0 N–H and O–H groups in total. The summed E-state index contributed by atoms with van der Waals surface area (Å²) in [7, 11) is 0. The number of hydrogen-bond donors (Lipinski definition) is 0. The normalized spacial score (nSPS) is 15.4. The Hall–Kier alpha value is -4.95. The second-order valence-corrected chi connectivity index (χ2v) is 10.8. The van der Waals surface area contributed by atoms with Crippen molar-refractivity contribution >= 4 is 34.6 Å². The van der Waals surface area contributed by atoms with Gasteiger partial charge in [0.2, 0.25) is 0 Å². The summed E-state index contributed by atoms with van der Waals surface area (Å²) in [6.07, 6.45) is 0. The van der Waals surface area contributed by atoms with Gasteiger partial charge < -0.3 is 4.90 Å². The number of aliphatic imine (C=N–C) groups is 1. The molecule has 7 rings (SSSR count). The smallest absolute Gasteiger partial charge is 0.108 e. The predicted octanol–water partition coefficient (Wildman–Crippen LogP) is 10.2. The second-order valence-electron chi connectivity index (χ2n) is 10.8. The summed E-state index contributed by atoms with van der Waals surface area (Å²) in [6, 6.07) is 47.9. The summed E-state index contributed by atoms with van der Waals surface area (Å²) in [5.74, 6) is 0. The molecule has 0 saturated heterocycles. The summed E-state index contributed by atoms with van der Waals surface area (Å²) >= 11 is 0. The molecule has 1 atom stereocenters. The first kappa shape index (κ1) is 24.1. The molecule has 0 heterocycles. The molecule has 192 valence electrons. The minimum absolute atomic E-state index is 0.525. The summed E-state index contributed by atoms with van der Waals surface area (Å²) in [5.41, 5.74) is 11.4. The monoisotopic (exact) mass is 514 g/mol. The zero-order valence-corrected chi connectivity index (χ0v) is 22.8. The van der Waals surface area contributed by atoms with E-state index in [1.165, 1.54) is 49.7 Å². The summed E-state index contributed by atoms with van der Waals surface area (Å²) < 4.78 is 0. The van der Waals surface area contributed by atoms with Gasteiger partial charge in [0.15, 0.2) is 0 Å². The Morgan fingerprint density at radius 1 is 0.600 bits per heavy atom. The molecule has 0 radical (unpaired) electrons. The number of rotatable bonds is 5. The highest BCUT2D eigenvalue weighted by molar-refractivity contribution is 6.03. The van der Waals surface area contributed by atoms with Gasteiger partial charge in [0.05, 0.1) is 0 Å². The maximum atomic E-state index is 4.74. The number of para-hydroxylation sites is 1. The highest BCUT2D eigenvalue weighted by Crippen LogP contribution is 2.53. The van der Waals surface area contributed by atoms with Gasteiger partial charge in [-0.05, 0) is 101 Å². The second kappa shape index (κ2) is 9.36. The topological polar surface area (TPSA) is 15.6 Å². The van der Waals surface area contributed by atoms with Crippen molar-refractivity contribution in [2.24, 2.45) is 4.99 Å². The fraction of sp³-hybridized carbons (Fsp3) is 0.0789. The van der Waals surface area contributed by atoms with Crippen LogP contribution in [0.5, 0.6) is 0 Å². The first-order chi connectivity index (χ1) is 19.6. The van der Waals surface area contributed by atoms with Gasteiger partial charge in [0.25, 0.3) is 0 Å². The van der Waals surface area contributed by atoms with E-state index in [0.717, 1.165) is 17.1 Å². The Morgan fingerprint density at radius 3 is 1.95 bits per heavy atom. The molecule has 1 aliphatic rings. The molecule has 2 nitrogen and oxygen atoms in total. The lowest BCUT2D eigenvalue weighted by Gasteiger charge is -2.28. The van der Waals surface area contributed by atoms with Crippen LogP contribution < -0.4 is 4.90 Å². The molecule has 1 aliphatic carbocycles. The van der Waals surface area contributed by atoms with E-state index in [-0.39, 0.29) is 0 Å². The van der Waals surface area contributed by atoms with Crippen molar-refractivity contribution < 1.29 is 0 Å². The van der Waals surface area contributed by atoms with E-state index in [2.05, 4.69) is 159 Å². The van der Waals surface area contributed by atoms with Crippen molar-refractivity contribution in [3.8, 4) is 22.3 Å². The molecule has 0 amide bonds. The molecule has 0 aliphatic heterocycles. The quantitative estimate of drug-likeness (QED) is 0.209. The standard InChI is InChI=1S/C38H30N2/c1-26-13-15-27(16-14-26)28-17-20-31(21-18-28)40(30-10-5-4-6-11-30)32-22-23-34-36(25-32)38(2,39-3)35-24-19-29-9-7-8-12-33(29)37(34)35/h4-25H,3H2,1-2H3. The van der Waals surface area contributed by atoms with E-state index in [9.17, 15) is 0 Å². The van der Waals surface area contributed by atoms with E-state index in [0.29, 0.717) is 0 Å². The van der Waals surface area contributed by atoms with Crippen molar-refractivity contribution in [3.63, 3.8) is 0 Å². The first-order valence-electron chi connectivity index (χ1n) is 13.7. The third kappa shape index (κ3) is 3.76. The molecule has 2 heteroatoms. The maximum absolute atomic E-state index is 4.74. The summed E-state index contributed by atoms with van der Waals surface area (Å²) in [6.45, 7) is 8.37. The number of aryl methyl sites for hydroxylation is 1. The zero-order chi connectivity index (χ0) is 27.3. The summed E-state index contributed by atoms with van der Waals surface area (Å²) in [5, 5.41) is 2.50. The Bertz CT molecular complexity index is 1870. The van der Waals surface area contributed by atoms with Crippen molar-refractivity contribution in [2.75, 3.05) is 4.90 Å². The molecule has 0 spiro atoms. The lowest BCUT2D eigenvalue weighted by molar-refractivity contribution is 0.630. The number of fused-ring (bicyclic) bond motifs is 5. The molecule has 40 heavy (non-hydrogen) atoms. The molecule has 6 aromatic carbocycles. The Morgan fingerprint density at radius 2 is 1.23 bits per heavy atom. The number of hydrogen-bond acceptors (Lipinski definition) is 2. The third-order valence-corrected chi connectivity index (χ3v) is 8.35. The molecule has 0 bridgehead atoms. The Kier molecular flexibility index (Phi) is 5.64. The SMILES string of the molecule is C=NC1(C)c2cc(N(c3ccccc3)c3ccc(-c4ccc(C)cc4)cc3)ccc2-c2c1ccc1ccccc21. The highest BCUT2D eigenvalue weighted by Gasteiger charge is 2.40. The lowest BCUT2D eigenvalue weighted by atomic mass is 9.89. The van der Waals surface area contributed by atoms with Crippen molar-refractivity contribution in [3.05, 3.63) is 150 Å². The molecular weight excluding hydrogens is 484 g/mol. The van der Waals surface area contributed by atoms with Crippen molar-refractivity contribution in [1.29, 1.82) is 0 Å². The minimum atomic E-state index is -0.525. The number of nitrogens with zero attached hydrogens (tertiary/aromatic N) is 2. The van der Waals surface area contributed by atoms with Gasteiger partial charge in [0.1, 0.15) is 5.54 Å². The van der Waals surface area contributed by atoms with Gasteiger partial charge in [-0.15, -0.1) is 0 Å². The van der Waals surface area contributed by atoms with Gasteiger partial charge in [-0.2, -0.15) is 0 Å². The van der Waals surface area contributed by atoms with Gasteiger partial charge in [-0.1, -0.05) is 103 Å². The average Bonchev–Trinajstić information content (AvgIpc) is 3.27. The van der Waals surface area contributed by atoms with E-state index >= 15 is 0 Å². The largest absolute Gasteiger partial charge is 0.310 e. The van der Waals surface area contributed by atoms with Crippen molar-refractivity contribution in [1.82, 2.24) is 0 Å². The third-order valence-electron chi connectivity index (χ3n) is 8.35. The van der Waals surface area contributed by atoms with Gasteiger partial charge in [-0.3, -0.25) is 4.99 Å². The van der Waals surface area contributed by atoms with Crippen molar-refractivity contribution in [2.45, 2.75) is 19.4 Å². The van der Waals surface area contributed by atoms with Crippen LogP contribution in [0.1, 0.15) is 23.6 Å². The molecule has 0 fully saturated rings. The molecule has 1 unspecified atom stereocenters. The van der Waals surface area contributed by atoms with Crippen LogP contribution in [0.3, 0.4) is 0 Å². The van der Waals surface area contributed by atoms with Crippen LogP contribution in [0.25, 0.3) is 33.0 Å². The van der Waals surface area contributed by atoms with Crippen LogP contribution in [0.2, 0.25) is 0 Å². The van der Waals surface area contributed by atoms with E-state index < -0.39 is 5.54 Å². The molecular formula is C38H30N2. The summed E-state index contributed by atoms with van der Waals surface area (Å²) in [4.78, 5) is 7.06. The molecule has 0 aromatic heterocycles. The highest BCUT2D eigenvalue weighted by atomic mass is 15.1. The Balaban J connectivity index is 1.38. The zero-order valence-electron chi connectivity index (χ0n) is 22.8. The van der Waals surface area contributed by atoms with Gasteiger partial charge in [-0.25, -0.2) is 0 Å². The van der Waals surface area contributed by atoms with Crippen LogP contribution in [-0.4, -0.2) is 6.72 Å². The van der Waals surface area contributed by atoms with Gasteiger partial charge >= 0.3 is 0 Å². The lowest BCUT2D eigenvalue weighted by Crippen LogP contribution is -2.18. The van der Waals surface area contributed by atoms with Crippen LogP contribution in [0.15, 0.2) is 138 Å². The fourth-order valence-corrected chi connectivity index (χ4v) is 6.15. The number of benzene rings is 6. The molecule has 0 saturated carbocycles. The van der Waals surface area contributed by atoms with E-state index in [4.69, 9.17) is 4.99 Å². The van der Waals surface area contributed by atoms with Crippen LogP contribution in [0, 0.1) is 6.92 Å². The van der Waals surface area contributed by atoms with Crippen LogP contribution in [0.4, 0.5) is 17.1 Å². The van der Waals surface area contributed by atoms with E-state index in [1.807, 2.05) is 0 Å².